The lowest BCUT2D eigenvalue weighted by molar-refractivity contribution is 0.0786. The predicted octanol–water partition coefficient (Wildman–Crippen LogP) is 4.66. The maximum atomic E-state index is 14.0. The largest absolute Gasteiger partial charge is 0.456 e. The van der Waals surface area contributed by atoms with Gasteiger partial charge in [-0.25, -0.2) is 17.1 Å². The third-order valence-electron chi connectivity index (χ3n) is 7.12. The van der Waals surface area contributed by atoms with Gasteiger partial charge in [0, 0.05) is 55.3 Å². The zero-order valence-corrected chi connectivity index (χ0v) is 24.0. The Balaban J connectivity index is 1.80. The highest BCUT2D eigenvalue weighted by Gasteiger charge is 2.27. The van der Waals surface area contributed by atoms with Crippen LogP contribution in [0.4, 0.5) is 10.1 Å². The number of hydrogen-bond acceptors (Lipinski definition) is 6. The standard InChI is InChI=1S/C29H36FN3O5S/c1-18-13-21(30)14-19(2)28(18)38-26-8-7-20(29(3,4)35)15-23(26)24-17-32(5)27(34)16-25(24)31-22-9-11-33(12-10-22)39(6,36)37/h7-8,13-17,22,31,35H,9-12H2,1-6H3. The van der Waals surface area contributed by atoms with Gasteiger partial charge >= 0.3 is 0 Å². The van der Waals surface area contributed by atoms with E-state index in [1.54, 1.807) is 53.1 Å². The predicted molar refractivity (Wildman–Crippen MR) is 151 cm³/mol. The number of aromatic nitrogens is 1. The zero-order valence-electron chi connectivity index (χ0n) is 23.2. The Morgan fingerprint density at radius 2 is 1.67 bits per heavy atom. The lowest BCUT2D eigenvalue weighted by Crippen LogP contribution is -2.42. The highest BCUT2D eigenvalue weighted by molar-refractivity contribution is 7.88. The molecule has 210 valence electrons. The first kappa shape index (κ1) is 28.8. The summed E-state index contributed by atoms with van der Waals surface area (Å²) in [5, 5.41) is 14.2. The fourth-order valence-corrected chi connectivity index (χ4v) is 5.77. The third-order valence-corrected chi connectivity index (χ3v) is 8.43. The second-order valence-corrected chi connectivity index (χ2v) is 12.9. The summed E-state index contributed by atoms with van der Waals surface area (Å²) in [4.78, 5) is 12.7. The zero-order chi connectivity index (χ0) is 28.7. The molecule has 4 rings (SSSR count). The normalized spacial score (nSPS) is 15.4. The van der Waals surface area contributed by atoms with Gasteiger partial charge in [-0.2, -0.15) is 0 Å². The van der Waals surface area contributed by atoms with Crippen molar-refractivity contribution in [3.05, 3.63) is 75.5 Å². The summed E-state index contributed by atoms with van der Waals surface area (Å²) in [6.07, 6.45) is 4.10. The van der Waals surface area contributed by atoms with Crippen molar-refractivity contribution in [1.82, 2.24) is 8.87 Å². The average Bonchev–Trinajstić information content (AvgIpc) is 2.83. The summed E-state index contributed by atoms with van der Waals surface area (Å²) in [6, 6.07) is 9.68. The molecule has 1 aromatic heterocycles. The molecule has 0 saturated carbocycles. The van der Waals surface area contributed by atoms with Crippen LogP contribution in [0.5, 0.6) is 11.5 Å². The summed E-state index contributed by atoms with van der Waals surface area (Å²) >= 11 is 0. The highest BCUT2D eigenvalue weighted by Crippen LogP contribution is 2.41. The van der Waals surface area contributed by atoms with E-state index in [4.69, 9.17) is 4.74 Å². The van der Waals surface area contributed by atoms with Crippen LogP contribution in [0.25, 0.3) is 11.1 Å². The fraction of sp³-hybridized carbons (Fsp3) is 0.414. The van der Waals surface area contributed by atoms with E-state index in [-0.39, 0.29) is 17.4 Å². The average molecular weight is 558 g/mol. The van der Waals surface area contributed by atoms with Crippen LogP contribution in [-0.2, 0) is 22.7 Å². The van der Waals surface area contributed by atoms with Gasteiger partial charge in [-0.15, -0.1) is 0 Å². The number of aryl methyl sites for hydroxylation is 3. The number of pyridine rings is 1. The molecule has 0 radical (unpaired) electrons. The molecule has 2 heterocycles. The minimum atomic E-state index is -3.26. The number of hydrogen-bond donors (Lipinski definition) is 2. The maximum absolute atomic E-state index is 14.0. The summed E-state index contributed by atoms with van der Waals surface area (Å²) in [7, 11) is -1.60. The molecule has 39 heavy (non-hydrogen) atoms. The fourth-order valence-electron chi connectivity index (χ4n) is 4.89. The molecule has 1 saturated heterocycles. The number of piperidine rings is 1. The lowest BCUT2D eigenvalue weighted by atomic mass is 9.93. The van der Waals surface area contributed by atoms with Gasteiger partial charge in [-0.05, 0) is 81.5 Å². The monoisotopic (exact) mass is 557 g/mol. The number of nitrogens with zero attached hydrogens (tertiary/aromatic N) is 2. The van der Waals surface area contributed by atoms with Crippen molar-refractivity contribution in [1.29, 1.82) is 0 Å². The first-order valence-electron chi connectivity index (χ1n) is 12.9. The Bertz CT molecular complexity index is 1530. The molecule has 1 aliphatic heterocycles. The molecule has 0 atom stereocenters. The van der Waals surface area contributed by atoms with Gasteiger partial charge in [-0.1, -0.05) is 6.07 Å². The topological polar surface area (TPSA) is 101 Å². The van der Waals surface area contributed by atoms with Crippen molar-refractivity contribution in [3.8, 4) is 22.6 Å². The van der Waals surface area contributed by atoms with Gasteiger partial charge in [0.1, 0.15) is 17.3 Å². The minimum absolute atomic E-state index is 0.0442. The molecule has 1 fully saturated rings. The summed E-state index contributed by atoms with van der Waals surface area (Å²) < 4.78 is 47.2. The highest BCUT2D eigenvalue weighted by atomic mass is 32.2. The van der Waals surface area contributed by atoms with Crippen LogP contribution in [-0.4, -0.2) is 47.8 Å². The van der Waals surface area contributed by atoms with Crippen LogP contribution in [0, 0.1) is 19.7 Å². The van der Waals surface area contributed by atoms with Crippen molar-refractivity contribution in [2.75, 3.05) is 24.7 Å². The molecule has 0 aliphatic carbocycles. The Kier molecular flexibility index (Phi) is 7.93. The molecule has 3 aromatic rings. The Morgan fingerprint density at radius 1 is 1.05 bits per heavy atom. The number of anilines is 1. The summed E-state index contributed by atoms with van der Waals surface area (Å²) in [5.74, 6) is 0.664. The number of aliphatic hydroxyl groups is 1. The molecule has 8 nitrogen and oxygen atoms in total. The molecule has 0 amide bonds. The quantitative estimate of drug-likeness (QED) is 0.438. The van der Waals surface area contributed by atoms with Crippen molar-refractivity contribution in [3.63, 3.8) is 0 Å². The first-order chi connectivity index (χ1) is 18.1. The number of sulfonamides is 1. The van der Waals surface area contributed by atoms with Gasteiger partial charge < -0.3 is 19.7 Å². The van der Waals surface area contributed by atoms with E-state index < -0.39 is 15.6 Å². The van der Waals surface area contributed by atoms with Crippen LogP contribution >= 0.6 is 0 Å². The van der Waals surface area contributed by atoms with E-state index in [2.05, 4.69) is 5.32 Å². The van der Waals surface area contributed by atoms with Crippen molar-refractivity contribution in [2.45, 2.75) is 52.2 Å². The summed E-state index contributed by atoms with van der Waals surface area (Å²) in [5.41, 5.74) is 2.50. The number of ether oxygens (including phenoxy) is 1. The van der Waals surface area contributed by atoms with Gasteiger partial charge in [0.2, 0.25) is 10.0 Å². The van der Waals surface area contributed by atoms with Crippen LogP contribution in [0.2, 0.25) is 0 Å². The Hall–Kier alpha value is -3.21. The van der Waals surface area contributed by atoms with Crippen LogP contribution in [0.1, 0.15) is 43.4 Å². The molecule has 0 unspecified atom stereocenters. The van der Waals surface area contributed by atoms with Crippen molar-refractivity contribution < 1.29 is 22.7 Å². The van der Waals surface area contributed by atoms with E-state index in [0.717, 1.165) is 0 Å². The summed E-state index contributed by atoms with van der Waals surface area (Å²) in [6.45, 7) is 7.72. The van der Waals surface area contributed by atoms with Crippen molar-refractivity contribution in [2.24, 2.45) is 7.05 Å². The number of nitrogens with one attached hydrogen (secondary N) is 1. The molecular weight excluding hydrogens is 521 g/mol. The second kappa shape index (κ2) is 10.7. The van der Waals surface area contributed by atoms with E-state index in [1.165, 1.54) is 33.3 Å². The van der Waals surface area contributed by atoms with E-state index in [1.807, 2.05) is 6.07 Å². The van der Waals surface area contributed by atoms with Crippen molar-refractivity contribution >= 4 is 15.7 Å². The molecule has 2 N–H and O–H groups in total. The molecule has 0 bridgehead atoms. The Labute approximate surface area is 229 Å². The lowest BCUT2D eigenvalue weighted by Gasteiger charge is -2.32. The first-order valence-corrected chi connectivity index (χ1v) is 14.7. The molecule has 2 aromatic carbocycles. The number of rotatable bonds is 7. The number of halogens is 1. The van der Waals surface area contributed by atoms with Gasteiger partial charge in [-0.3, -0.25) is 4.79 Å². The molecule has 0 spiro atoms. The maximum Gasteiger partial charge on any atom is 0.252 e. The van der Waals surface area contributed by atoms with Crippen LogP contribution in [0.15, 0.2) is 47.4 Å². The second-order valence-electron chi connectivity index (χ2n) is 10.9. The van der Waals surface area contributed by atoms with E-state index >= 15 is 0 Å². The van der Waals surface area contributed by atoms with Gasteiger partial charge in [0.25, 0.3) is 5.56 Å². The van der Waals surface area contributed by atoms with Crippen LogP contribution in [0.3, 0.4) is 0 Å². The van der Waals surface area contributed by atoms with Gasteiger partial charge in [0.15, 0.2) is 0 Å². The number of benzene rings is 2. The SMILES string of the molecule is Cc1cc(F)cc(C)c1Oc1ccc(C(C)(C)O)cc1-c1cn(C)c(=O)cc1NC1CCN(S(C)(=O)=O)CC1. The minimum Gasteiger partial charge on any atom is -0.456 e. The molecular formula is C29H36FN3O5S. The molecule has 10 heteroatoms. The smallest absolute Gasteiger partial charge is 0.252 e. The molecule has 1 aliphatic rings. The van der Waals surface area contributed by atoms with E-state index in [0.29, 0.717) is 70.9 Å². The van der Waals surface area contributed by atoms with E-state index in [9.17, 15) is 22.7 Å². The van der Waals surface area contributed by atoms with Gasteiger partial charge in [0.05, 0.1) is 11.9 Å². The Morgan fingerprint density at radius 3 is 2.23 bits per heavy atom. The van der Waals surface area contributed by atoms with Crippen LogP contribution < -0.4 is 15.6 Å². The third kappa shape index (κ3) is 6.51.